The number of amides is 1. The lowest BCUT2D eigenvalue weighted by atomic mass is 9.72. The van der Waals surface area contributed by atoms with E-state index in [1.165, 1.54) is 19.3 Å². The Morgan fingerprint density at radius 2 is 1.63 bits per heavy atom. The minimum atomic E-state index is -0.812. The average molecular weight is 267 g/mol. The second-order valence-corrected chi connectivity index (χ2v) is 6.16. The summed E-state index contributed by atoms with van der Waals surface area (Å²) in [5.74, 6) is -0.658. The molecule has 0 heterocycles. The first kappa shape index (κ1) is 14.4. The van der Waals surface area contributed by atoms with E-state index in [1.54, 1.807) is 0 Å². The van der Waals surface area contributed by atoms with Gasteiger partial charge in [0.05, 0.1) is 11.8 Å². The highest BCUT2D eigenvalue weighted by Crippen LogP contribution is 2.37. The van der Waals surface area contributed by atoms with E-state index >= 15 is 0 Å². The molecule has 19 heavy (non-hydrogen) atoms. The van der Waals surface area contributed by atoms with Crippen molar-refractivity contribution in [2.45, 2.75) is 57.9 Å². The zero-order valence-corrected chi connectivity index (χ0v) is 12.0. The van der Waals surface area contributed by atoms with Crippen molar-refractivity contribution in [2.75, 3.05) is 7.05 Å². The highest BCUT2D eigenvalue weighted by Gasteiger charge is 2.43. The van der Waals surface area contributed by atoms with Gasteiger partial charge < -0.3 is 10.0 Å². The van der Waals surface area contributed by atoms with Gasteiger partial charge in [0.15, 0.2) is 0 Å². The fourth-order valence-electron chi connectivity index (χ4n) is 3.47. The van der Waals surface area contributed by atoms with E-state index in [1.807, 2.05) is 11.9 Å². The Kier molecular flexibility index (Phi) is 4.48. The Balaban J connectivity index is 1.88. The molecule has 108 valence electrons. The van der Waals surface area contributed by atoms with Crippen LogP contribution in [0.3, 0.4) is 0 Å². The van der Waals surface area contributed by atoms with Gasteiger partial charge in [0, 0.05) is 13.1 Å². The molecule has 2 unspecified atom stereocenters. The van der Waals surface area contributed by atoms with E-state index in [0.717, 1.165) is 25.2 Å². The number of carbonyl (C=O) groups excluding carboxylic acids is 1. The van der Waals surface area contributed by atoms with Gasteiger partial charge in [0.25, 0.3) is 0 Å². The third-order valence-corrected chi connectivity index (χ3v) is 5.20. The van der Waals surface area contributed by atoms with Crippen LogP contribution in [0.5, 0.6) is 0 Å². The fraction of sp³-hybridized carbons (Fsp3) is 0.867. The van der Waals surface area contributed by atoms with Gasteiger partial charge in [-0.3, -0.25) is 9.59 Å². The summed E-state index contributed by atoms with van der Waals surface area (Å²) in [6.07, 6.45) is 7.18. The Labute approximate surface area is 115 Å². The zero-order valence-electron chi connectivity index (χ0n) is 12.0. The van der Waals surface area contributed by atoms with Crippen molar-refractivity contribution in [3.63, 3.8) is 0 Å². The van der Waals surface area contributed by atoms with Crippen LogP contribution in [0.15, 0.2) is 0 Å². The summed E-state index contributed by atoms with van der Waals surface area (Å²) in [5, 5.41) is 9.04. The van der Waals surface area contributed by atoms with Crippen LogP contribution in [-0.2, 0) is 9.59 Å². The molecule has 2 atom stereocenters. The Hall–Kier alpha value is -1.06. The predicted octanol–water partition coefficient (Wildman–Crippen LogP) is 2.52. The van der Waals surface area contributed by atoms with Crippen molar-refractivity contribution in [2.24, 2.45) is 17.8 Å². The number of hydrogen-bond acceptors (Lipinski definition) is 2. The van der Waals surface area contributed by atoms with E-state index < -0.39 is 11.9 Å². The van der Waals surface area contributed by atoms with Gasteiger partial charge in [-0.2, -0.15) is 0 Å². The molecule has 2 fully saturated rings. The highest BCUT2D eigenvalue weighted by atomic mass is 16.4. The Bertz CT molecular complexity index is 347. The van der Waals surface area contributed by atoms with Crippen LogP contribution in [0, 0.1) is 17.8 Å². The van der Waals surface area contributed by atoms with Crippen LogP contribution in [0.25, 0.3) is 0 Å². The third kappa shape index (κ3) is 2.93. The molecule has 2 saturated carbocycles. The number of carboxylic acid groups (broad SMARTS) is 1. The lowest BCUT2D eigenvalue weighted by Crippen LogP contribution is -2.48. The normalized spacial score (nSPS) is 34.4. The van der Waals surface area contributed by atoms with Crippen molar-refractivity contribution in [3.05, 3.63) is 0 Å². The second kappa shape index (κ2) is 5.93. The van der Waals surface area contributed by atoms with Crippen LogP contribution in [0.1, 0.15) is 51.9 Å². The predicted molar refractivity (Wildman–Crippen MR) is 72.7 cm³/mol. The van der Waals surface area contributed by atoms with Crippen LogP contribution in [0.4, 0.5) is 0 Å². The Morgan fingerprint density at radius 3 is 2.05 bits per heavy atom. The summed E-state index contributed by atoms with van der Waals surface area (Å²) >= 11 is 0. The van der Waals surface area contributed by atoms with Crippen molar-refractivity contribution < 1.29 is 14.7 Å². The van der Waals surface area contributed by atoms with E-state index in [-0.39, 0.29) is 11.8 Å². The largest absolute Gasteiger partial charge is 0.481 e. The standard InChI is InChI=1S/C15H25NO3/c1-3-10-4-6-11(7-5-10)16(2)14(17)12-8-9-13(12)15(18)19/h10-13H,3-9H2,1-2H3,(H,18,19). The number of aliphatic carboxylic acids is 1. The first-order chi connectivity index (χ1) is 9.04. The minimum absolute atomic E-state index is 0.0543. The van der Waals surface area contributed by atoms with Crippen molar-refractivity contribution in [3.8, 4) is 0 Å². The van der Waals surface area contributed by atoms with E-state index in [9.17, 15) is 9.59 Å². The topological polar surface area (TPSA) is 57.6 Å². The quantitative estimate of drug-likeness (QED) is 0.851. The molecule has 0 bridgehead atoms. The van der Waals surface area contributed by atoms with Crippen LogP contribution >= 0.6 is 0 Å². The lowest BCUT2D eigenvalue weighted by Gasteiger charge is -2.40. The first-order valence-corrected chi connectivity index (χ1v) is 7.54. The number of nitrogens with zero attached hydrogens (tertiary/aromatic N) is 1. The number of carboxylic acids is 1. The summed E-state index contributed by atoms with van der Waals surface area (Å²) in [6.45, 7) is 2.23. The molecule has 0 radical (unpaired) electrons. The third-order valence-electron chi connectivity index (χ3n) is 5.20. The zero-order chi connectivity index (χ0) is 14.0. The van der Waals surface area contributed by atoms with E-state index in [2.05, 4.69) is 6.92 Å². The molecule has 0 saturated heterocycles. The van der Waals surface area contributed by atoms with Gasteiger partial charge in [-0.05, 0) is 44.4 Å². The maximum absolute atomic E-state index is 12.4. The van der Waals surface area contributed by atoms with Crippen molar-refractivity contribution in [1.82, 2.24) is 4.90 Å². The van der Waals surface area contributed by atoms with E-state index in [0.29, 0.717) is 12.5 Å². The van der Waals surface area contributed by atoms with Crippen LogP contribution in [0.2, 0.25) is 0 Å². The molecule has 1 N–H and O–H groups in total. The maximum Gasteiger partial charge on any atom is 0.307 e. The number of rotatable bonds is 4. The molecule has 0 aliphatic heterocycles. The SMILES string of the molecule is CCC1CCC(N(C)C(=O)C2CCC2C(=O)O)CC1. The van der Waals surface area contributed by atoms with Gasteiger partial charge in [0.1, 0.15) is 0 Å². The molecule has 2 rings (SSSR count). The maximum atomic E-state index is 12.4. The summed E-state index contributed by atoms with van der Waals surface area (Å²) in [7, 11) is 1.86. The number of carbonyl (C=O) groups is 2. The smallest absolute Gasteiger partial charge is 0.307 e. The average Bonchev–Trinajstić information content (AvgIpc) is 2.36. The van der Waals surface area contributed by atoms with E-state index in [4.69, 9.17) is 5.11 Å². The van der Waals surface area contributed by atoms with Gasteiger partial charge >= 0.3 is 5.97 Å². The number of hydrogen-bond donors (Lipinski definition) is 1. The summed E-state index contributed by atoms with van der Waals surface area (Å²) in [4.78, 5) is 25.2. The van der Waals surface area contributed by atoms with Crippen LogP contribution in [-0.4, -0.2) is 35.0 Å². The molecule has 0 spiro atoms. The molecule has 1 amide bonds. The molecule has 0 aromatic heterocycles. The molecule has 0 aromatic carbocycles. The molecule has 2 aliphatic rings. The van der Waals surface area contributed by atoms with Gasteiger partial charge in [-0.1, -0.05) is 13.3 Å². The molecular weight excluding hydrogens is 242 g/mol. The van der Waals surface area contributed by atoms with Crippen molar-refractivity contribution >= 4 is 11.9 Å². The molecule has 4 heteroatoms. The Morgan fingerprint density at radius 1 is 1.05 bits per heavy atom. The monoisotopic (exact) mass is 267 g/mol. The molecule has 2 aliphatic carbocycles. The van der Waals surface area contributed by atoms with Crippen LogP contribution < -0.4 is 0 Å². The lowest BCUT2D eigenvalue weighted by molar-refractivity contribution is -0.157. The summed E-state index contributed by atoms with van der Waals surface area (Å²) in [6, 6.07) is 0.324. The minimum Gasteiger partial charge on any atom is -0.481 e. The van der Waals surface area contributed by atoms with Gasteiger partial charge in [-0.25, -0.2) is 0 Å². The van der Waals surface area contributed by atoms with Crippen molar-refractivity contribution in [1.29, 1.82) is 0 Å². The van der Waals surface area contributed by atoms with Gasteiger partial charge in [0.2, 0.25) is 5.91 Å². The fourth-order valence-corrected chi connectivity index (χ4v) is 3.47. The highest BCUT2D eigenvalue weighted by molar-refractivity contribution is 5.86. The molecular formula is C15H25NO3. The first-order valence-electron chi connectivity index (χ1n) is 7.54. The second-order valence-electron chi connectivity index (χ2n) is 6.16. The summed E-state index contributed by atoms with van der Waals surface area (Å²) in [5.41, 5.74) is 0. The molecule has 0 aromatic rings. The molecule has 4 nitrogen and oxygen atoms in total. The van der Waals surface area contributed by atoms with Gasteiger partial charge in [-0.15, -0.1) is 0 Å². The summed E-state index contributed by atoms with van der Waals surface area (Å²) < 4.78 is 0.